The summed E-state index contributed by atoms with van der Waals surface area (Å²) in [5.41, 5.74) is 3.93. The molecule has 1 saturated heterocycles. The van der Waals surface area contributed by atoms with Crippen molar-refractivity contribution in [3.8, 4) is 5.69 Å². The van der Waals surface area contributed by atoms with E-state index >= 15 is 0 Å². The van der Waals surface area contributed by atoms with E-state index in [4.69, 9.17) is 0 Å². The van der Waals surface area contributed by atoms with E-state index in [2.05, 4.69) is 60.3 Å². The average molecular weight is 375 g/mol. The zero-order chi connectivity index (χ0) is 19.7. The lowest BCUT2D eigenvalue weighted by Gasteiger charge is -2.25. The second-order valence-electron chi connectivity index (χ2n) is 7.62. The summed E-state index contributed by atoms with van der Waals surface area (Å²) in [4.78, 5) is 21.6. The van der Waals surface area contributed by atoms with Crippen LogP contribution < -0.4 is 0 Å². The molecular formula is C22H25N5O. The van der Waals surface area contributed by atoms with Gasteiger partial charge in [-0.3, -0.25) is 4.79 Å². The van der Waals surface area contributed by atoms with Crippen LogP contribution >= 0.6 is 0 Å². The van der Waals surface area contributed by atoms with Crippen LogP contribution in [0.15, 0.2) is 61.2 Å². The van der Waals surface area contributed by atoms with Gasteiger partial charge in [-0.05, 0) is 38.7 Å². The standard InChI is InChI=1S/C22H25N5O/c1-16-8-10-17(11-9-16)19-12-26(13-21(19)25(2)3)22(28)18-6-4-5-7-20(18)27-15-23-14-24-27/h4-11,14-15,19,21H,12-13H2,1-3H3. The second kappa shape index (κ2) is 7.56. The lowest BCUT2D eigenvalue weighted by Crippen LogP contribution is -2.36. The predicted molar refractivity (Wildman–Crippen MR) is 109 cm³/mol. The van der Waals surface area contributed by atoms with Crippen molar-refractivity contribution in [1.82, 2.24) is 24.6 Å². The van der Waals surface area contributed by atoms with Crippen LogP contribution in [-0.4, -0.2) is 63.7 Å². The summed E-state index contributed by atoms with van der Waals surface area (Å²) in [7, 11) is 4.17. The molecule has 2 heterocycles. The first kappa shape index (κ1) is 18.4. The topological polar surface area (TPSA) is 54.3 Å². The number of nitrogens with zero attached hydrogens (tertiary/aromatic N) is 5. The molecule has 1 fully saturated rings. The zero-order valence-corrected chi connectivity index (χ0v) is 16.5. The minimum atomic E-state index is 0.0348. The highest BCUT2D eigenvalue weighted by molar-refractivity contribution is 5.98. The van der Waals surface area contributed by atoms with E-state index < -0.39 is 0 Å². The van der Waals surface area contributed by atoms with Crippen molar-refractivity contribution in [1.29, 1.82) is 0 Å². The first-order chi connectivity index (χ1) is 13.5. The van der Waals surface area contributed by atoms with Crippen molar-refractivity contribution in [2.24, 2.45) is 0 Å². The summed E-state index contributed by atoms with van der Waals surface area (Å²) < 4.78 is 1.64. The molecule has 4 rings (SSSR count). The highest BCUT2D eigenvalue weighted by atomic mass is 16.2. The first-order valence-electron chi connectivity index (χ1n) is 9.51. The van der Waals surface area contributed by atoms with Crippen LogP contribution in [0, 0.1) is 6.92 Å². The van der Waals surface area contributed by atoms with E-state index in [0.717, 1.165) is 5.69 Å². The van der Waals surface area contributed by atoms with Crippen molar-refractivity contribution in [2.75, 3.05) is 27.2 Å². The molecule has 2 unspecified atom stereocenters. The molecule has 0 saturated carbocycles. The third-order valence-electron chi connectivity index (χ3n) is 5.55. The third-order valence-corrected chi connectivity index (χ3v) is 5.55. The minimum absolute atomic E-state index is 0.0348. The number of rotatable bonds is 4. The first-order valence-corrected chi connectivity index (χ1v) is 9.51. The number of aromatic nitrogens is 3. The van der Waals surface area contributed by atoms with Gasteiger partial charge in [0.05, 0.1) is 11.3 Å². The van der Waals surface area contributed by atoms with E-state index in [9.17, 15) is 4.79 Å². The highest BCUT2D eigenvalue weighted by Gasteiger charge is 2.38. The summed E-state index contributed by atoms with van der Waals surface area (Å²) in [6, 6.07) is 16.5. The third kappa shape index (κ3) is 3.43. The van der Waals surface area contributed by atoms with Gasteiger partial charge in [0.15, 0.2) is 0 Å². The van der Waals surface area contributed by atoms with Crippen LogP contribution in [0.2, 0.25) is 0 Å². The molecule has 2 aromatic carbocycles. The number of para-hydroxylation sites is 1. The summed E-state index contributed by atoms with van der Waals surface area (Å²) in [5.74, 6) is 0.325. The van der Waals surface area contributed by atoms with Crippen molar-refractivity contribution in [2.45, 2.75) is 18.9 Å². The van der Waals surface area contributed by atoms with Crippen LogP contribution in [-0.2, 0) is 0 Å². The predicted octanol–water partition coefficient (Wildman–Crippen LogP) is 2.75. The Morgan fingerprint density at radius 1 is 1.07 bits per heavy atom. The maximum absolute atomic E-state index is 13.4. The van der Waals surface area contributed by atoms with Gasteiger partial charge in [-0.25, -0.2) is 9.67 Å². The Bertz CT molecular complexity index is 949. The van der Waals surface area contributed by atoms with Gasteiger partial charge < -0.3 is 9.80 Å². The van der Waals surface area contributed by atoms with Gasteiger partial charge in [-0.15, -0.1) is 0 Å². The summed E-state index contributed by atoms with van der Waals surface area (Å²) >= 11 is 0. The van der Waals surface area contributed by atoms with Gasteiger partial charge in [0.25, 0.3) is 5.91 Å². The second-order valence-corrected chi connectivity index (χ2v) is 7.62. The molecule has 1 aliphatic rings. The van der Waals surface area contributed by atoms with Crippen LogP contribution in [0.4, 0.5) is 0 Å². The number of likely N-dealkylation sites (N-methyl/N-ethyl adjacent to an activating group) is 1. The fourth-order valence-electron chi connectivity index (χ4n) is 3.97. The molecule has 1 aliphatic heterocycles. The van der Waals surface area contributed by atoms with Gasteiger partial charge >= 0.3 is 0 Å². The average Bonchev–Trinajstić information content (AvgIpc) is 3.38. The molecule has 0 aliphatic carbocycles. The lowest BCUT2D eigenvalue weighted by molar-refractivity contribution is 0.0782. The normalized spacial score (nSPS) is 19.4. The van der Waals surface area contributed by atoms with E-state index in [-0.39, 0.29) is 17.9 Å². The van der Waals surface area contributed by atoms with Gasteiger partial charge in [0.2, 0.25) is 0 Å². The minimum Gasteiger partial charge on any atom is -0.336 e. The molecule has 0 N–H and O–H groups in total. The molecule has 0 spiro atoms. The van der Waals surface area contributed by atoms with Crippen molar-refractivity contribution >= 4 is 5.91 Å². The molecule has 6 nitrogen and oxygen atoms in total. The van der Waals surface area contributed by atoms with Crippen LogP contribution in [0.5, 0.6) is 0 Å². The van der Waals surface area contributed by atoms with E-state index in [1.807, 2.05) is 29.2 Å². The molecule has 144 valence electrons. The Labute approximate surface area is 165 Å². The Kier molecular flexibility index (Phi) is 4.96. The van der Waals surface area contributed by atoms with Crippen molar-refractivity contribution in [3.63, 3.8) is 0 Å². The quantitative estimate of drug-likeness (QED) is 0.704. The van der Waals surface area contributed by atoms with E-state index in [1.165, 1.54) is 17.5 Å². The van der Waals surface area contributed by atoms with Crippen LogP contribution in [0.25, 0.3) is 5.69 Å². The molecule has 6 heteroatoms. The van der Waals surface area contributed by atoms with Crippen molar-refractivity contribution < 1.29 is 4.79 Å². The largest absolute Gasteiger partial charge is 0.336 e. The Hall–Kier alpha value is -2.99. The number of carbonyl (C=O) groups is 1. The zero-order valence-electron chi connectivity index (χ0n) is 16.5. The molecular weight excluding hydrogens is 350 g/mol. The lowest BCUT2D eigenvalue weighted by atomic mass is 9.93. The Morgan fingerprint density at radius 2 is 1.82 bits per heavy atom. The number of aryl methyl sites for hydroxylation is 1. The summed E-state index contributed by atoms with van der Waals surface area (Å²) in [6.07, 6.45) is 3.10. The van der Waals surface area contributed by atoms with E-state index in [1.54, 1.807) is 11.0 Å². The van der Waals surface area contributed by atoms with Crippen LogP contribution in [0.3, 0.4) is 0 Å². The summed E-state index contributed by atoms with van der Waals surface area (Å²) in [6.45, 7) is 3.51. The molecule has 1 aromatic heterocycles. The SMILES string of the molecule is Cc1ccc(C2CN(C(=O)c3ccccc3-n3cncn3)CC2N(C)C)cc1. The van der Waals surface area contributed by atoms with Gasteiger partial charge in [-0.1, -0.05) is 42.0 Å². The Morgan fingerprint density at radius 3 is 2.50 bits per heavy atom. The van der Waals surface area contributed by atoms with Crippen LogP contribution in [0.1, 0.15) is 27.4 Å². The molecule has 1 amide bonds. The fourth-order valence-corrected chi connectivity index (χ4v) is 3.97. The van der Waals surface area contributed by atoms with Crippen molar-refractivity contribution in [3.05, 3.63) is 77.9 Å². The van der Waals surface area contributed by atoms with E-state index in [0.29, 0.717) is 18.7 Å². The maximum Gasteiger partial charge on any atom is 0.256 e. The van der Waals surface area contributed by atoms with Gasteiger partial charge in [0, 0.05) is 25.0 Å². The number of amides is 1. The fraction of sp³-hybridized carbons (Fsp3) is 0.318. The number of carbonyl (C=O) groups excluding carboxylic acids is 1. The summed E-state index contributed by atoms with van der Waals surface area (Å²) in [5, 5.41) is 4.20. The molecule has 28 heavy (non-hydrogen) atoms. The monoisotopic (exact) mass is 375 g/mol. The number of benzene rings is 2. The maximum atomic E-state index is 13.4. The molecule has 0 bridgehead atoms. The number of hydrogen-bond acceptors (Lipinski definition) is 4. The van der Waals surface area contributed by atoms with Gasteiger partial charge in [0.1, 0.15) is 12.7 Å². The number of likely N-dealkylation sites (tertiary alicyclic amines) is 1. The molecule has 0 radical (unpaired) electrons. The number of hydrogen-bond donors (Lipinski definition) is 0. The smallest absolute Gasteiger partial charge is 0.256 e. The molecule has 3 aromatic rings. The van der Waals surface area contributed by atoms with Gasteiger partial charge in [-0.2, -0.15) is 5.10 Å². The Balaban J connectivity index is 1.64. The molecule has 2 atom stereocenters. The highest BCUT2D eigenvalue weighted by Crippen LogP contribution is 2.32.